The summed E-state index contributed by atoms with van der Waals surface area (Å²) in [5.74, 6) is 0. The van der Waals surface area contributed by atoms with E-state index in [0.29, 0.717) is 0 Å². The molecule has 0 saturated heterocycles. The molecule has 0 aliphatic heterocycles. The molecule has 20 heavy (non-hydrogen) atoms. The Bertz CT molecular complexity index is 417. The lowest BCUT2D eigenvalue weighted by Crippen LogP contribution is -2.30. The van der Waals surface area contributed by atoms with Crippen LogP contribution in [-0.4, -0.2) is 0 Å². The standard InChI is InChI=1S/C18H24.C2H6/c1-3-11-16(4-2)18(14-9-6-10-15-18)17-12-7-5-8-13-17;1-2/h3-5,7-8,11-13H,6,9-10,14-15H2,1-2H3;1-2H3/b11-3-,16-4+;. The van der Waals surface area contributed by atoms with Crippen molar-refractivity contribution in [2.75, 3.05) is 0 Å². The summed E-state index contributed by atoms with van der Waals surface area (Å²) in [4.78, 5) is 0. The van der Waals surface area contributed by atoms with Crippen LogP contribution in [0, 0.1) is 0 Å². The van der Waals surface area contributed by atoms with Gasteiger partial charge < -0.3 is 0 Å². The quantitative estimate of drug-likeness (QED) is 0.555. The molecule has 0 heteroatoms. The highest BCUT2D eigenvalue weighted by Gasteiger charge is 2.35. The maximum atomic E-state index is 2.30. The molecule has 1 aliphatic carbocycles. The van der Waals surface area contributed by atoms with E-state index in [1.807, 2.05) is 13.8 Å². The van der Waals surface area contributed by atoms with Gasteiger partial charge in [0.2, 0.25) is 0 Å². The lowest BCUT2D eigenvalue weighted by Gasteiger charge is -2.39. The van der Waals surface area contributed by atoms with Crippen molar-refractivity contribution in [2.24, 2.45) is 0 Å². The van der Waals surface area contributed by atoms with Gasteiger partial charge in [-0.1, -0.05) is 81.7 Å². The van der Waals surface area contributed by atoms with Gasteiger partial charge in [0.25, 0.3) is 0 Å². The minimum absolute atomic E-state index is 0.265. The molecule has 0 unspecified atom stereocenters. The highest BCUT2D eigenvalue weighted by Crippen LogP contribution is 2.45. The van der Waals surface area contributed by atoms with Crippen LogP contribution < -0.4 is 0 Å². The smallest absolute Gasteiger partial charge is 0.0199 e. The van der Waals surface area contributed by atoms with Crippen molar-refractivity contribution in [3.8, 4) is 0 Å². The van der Waals surface area contributed by atoms with E-state index in [1.54, 1.807) is 0 Å². The topological polar surface area (TPSA) is 0 Å². The molecule has 0 bridgehead atoms. The molecule has 1 aliphatic rings. The lowest BCUT2D eigenvalue weighted by atomic mass is 9.64. The molecule has 0 aromatic heterocycles. The minimum Gasteiger partial charge on any atom is -0.0874 e. The largest absolute Gasteiger partial charge is 0.0874 e. The molecule has 2 rings (SSSR count). The SMILES string of the molecule is C/C=C\C(=C/C)C1(c2ccccc2)CCCCC1.CC. The van der Waals surface area contributed by atoms with Crippen LogP contribution in [0.2, 0.25) is 0 Å². The van der Waals surface area contributed by atoms with Gasteiger partial charge in [-0.15, -0.1) is 0 Å². The van der Waals surface area contributed by atoms with Crippen LogP contribution in [-0.2, 0) is 5.41 Å². The Kier molecular flexibility index (Phi) is 7.36. The molecule has 1 fully saturated rings. The number of benzene rings is 1. The third-order valence-electron chi connectivity index (χ3n) is 4.24. The molecule has 0 amide bonds. The summed E-state index contributed by atoms with van der Waals surface area (Å²) < 4.78 is 0. The van der Waals surface area contributed by atoms with Crippen molar-refractivity contribution in [1.29, 1.82) is 0 Å². The van der Waals surface area contributed by atoms with Crippen LogP contribution in [0.15, 0.2) is 54.1 Å². The van der Waals surface area contributed by atoms with Gasteiger partial charge in [0.15, 0.2) is 0 Å². The number of hydrogen-bond acceptors (Lipinski definition) is 0. The van der Waals surface area contributed by atoms with Crippen molar-refractivity contribution in [3.63, 3.8) is 0 Å². The minimum atomic E-state index is 0.265. The van der Waals surface area contributed by atoms with Gasteiger partial charge in [-0.25, -0.2) is 0 Å². The number of rotatable bonds is 3. The summed E-state index contributed by atoms with van der Waals surface area (Å²) in [7, 11) is 0. The zero-order valence-electron chi connectivity index (χ0n) is 13.7. The van der Waals surface area contributed by atoms with E-state index in [-0.39, 0.29) is 5.41 Å². The Morgan fingerprint density at radius 2 is 1.55 bits per heavy atom. The van der Waals surface area contributed by atoms with Gasteiger partial charge in [-0.2, -0.15) is 0 Å². The highest BCUT2D eigenvalue weighted by molar-refractivity contribution is 5.42. The Labute approximate surface area is 125 Å². The fourth-order valence-corrected chi connectivity index (χ4v) is 3.37. The van der Waals surface area contributed by atoms with E-state index in [9.17, 15) is 0 Å². The maximum absolute atomic E-state index is 2.30. The van der Waals surface area contributed by atoms with Crippen LogP contribution in [0.3, 0.4) is 0 Å². The first kappa shape index (κ1) is 16.8. The zero-order chi connectivity index (χ0) is 14.8. The first-order valence-corrected chi connectivity index (χ1v) is 8.18. The third-order valence-corrected chi connectivity index (χ3v) is 4.24. The Morgan fingerprint density at radius 3 is 2.05 bits per heavy atom. The van der Waals surface area contributed by atoms with Gasteiger partial charge in [0, 0.05) is 5.41 Å². The Hall–Kier alpha value is -1.30. The second kappa shape index (κ2) is 8.79. The molecular weight excluding hydrogens is 240 g/mol. The summed E-state index contributed by atoms with van der Waals surface area (Å²) in [5.41, 5.74) is 3.26. The fraction of sp³-hybridized carbons (Fsp3) is 0.500. The Morgan fingerprint density at radius 1 is 0.950 bits per heavy atom. The van der Waals surface area contributed by atoms with Gasteiger partial charge in [-0.3, -0.25) is 0 Å². The molecule has 0 spiro atoms. The van der Waals surface area contributed by atoms with E-state index in [4.69, 9.17) is 0 Å². The van der Waals surface area contributed by atoms with Crippen molar-refractivity contribution in [2.45, 2.75) is 65.2 Å². The fourth-order valence-electron chi connectivity index (χ4n) is 3.37. The third kappa shape index (κ3) is 3.62. The number of hydrogen-bond donors (Lipinski definition) is 0. The summed E-state index contributed by atoms with van der Waals surface area (Å²) in [5, 5.41) is 0. The molecule has 0 heterocycles. The molecule has 110 valence electrons. The average Bonchev–Trinajstić information content (AvgIpc) is 2.56. The molecule has 0 N–H and O–H groups in total. The van der Waals surface area contributed by atoms with Crippen LogP contribution in [0.1, 0.15) is 65.4 Å². The van der Waals surface area contributed by atoms with Gasteiger partial charge in [-0.05, 0) is 37.8 Å². The van der Waals surface area contributed by atoms with E-state index >= 15 is 0 Å². The lowest BCUT2D eigenvalue weighted by molar-refractivity contribution is 0.345. The molecule has 1 aromatic rings. The molecular formula is C20H30. The van der Waals surface area contributed by atoms with E-state index in [1.165, 1.54) is 43.2 Å². The van der Waals surface area contributed by atoms with E-state index in [2.05, 4.69) is 62.4 Å². The van der Waals surface area contributed by atoms with Crippen LogP contribution in [0.4, 0.5) is 0 Å². The van der Waals surface area contributed by atoms with Gasteiger partial charge in [0.1, 0.15) is 0 Å². The van der Waals surface area contributed by atoms with Crippen LogP contribution >= 0.6 is 0 Å². The first-order valence-electron chi connectivity index (χ1n) is 8.18. The predicted octanol–water partition coefficient (Wildman–Crippen LogP) is 6.44. The second-order valence-electron chi connectivity index (χ2n) is 5.25. The normalized spacial score (nSPS) is 18.5. The van der Waals surface area contributed by atoms with Crippen molar-refractivity contribution < 1.29 is 0 Å². The molecule has 0 radical (unpaired) electrons. The zero-order valence-corrected chi connectivity index (χ0v) is 13.7. The van der Waals surface area contributed by atoms with Crippen molar-refractivity contribution >= 4 is 0 Å². The van der Waals surface area contributed by atoms with Crippen molar-refractivity contribution in [3.05, 3.63) is 59.7 Å². The first-order chi connectivity index (χ1) is 9.83. The monoisotopic (exact) mass is 270 g/mol. The molecule has 0 nitrogen and oxygen atoms in total. The summed E-state index contributed by atoms with van der Waals surface area (Å²) in [6, 6.07) is 11.1. The van der Waals surface area contributed by atoms with Gasteiger partial charge >= 0.3 is 0 Å². The molecule has 1 aromatic carbocycles. The van der Waals surface area contributed by atoms with Crippen molar-refractivity contribution in [1.82, 2.24) is 0 Å². The highest BCUT2D eigenvalue weighted by atomic mass is 14.4. The van der Waals surface area contributed by atoms with Gasteiger partial charge in [0.05, 0.1) is 0 Å². The van der Waals surface area contributed by atoms with E-state index < -0.39 is 0 Å². The maximum Gasteiger partial charge on any atom is 0.0199 e. The summed E-state index contributed by atoms with van der Waals surface area (Å²) in [6.45, 7) is 8.29. The summed E-state index contributed by atoms with van der Waals surface area (Å²) in [6.07, 6.45) is 13.5. The molecule has 0 atom stereocenters. The van der Waals surface area contributed by atoms with Crippen LogP contribution in [0.5, 0.6) is 0 Å². The molecule has 1 saturated carbocycles. The summed E-state index contributed by atoms with van der Waals surface area (Å²) >= 11 is 0. The second-order valence-corrected chi connectivity index (χ2v) is 5.25. The van der Waals surface area contributed by atoms with Crippen LogP contribution in [0.25, 0.3) is 0 Å². The van der Waals surface area contributed by atoms with E-state index in [0.717, 1.165) is 0 Å². The average molecular weight is 270 g/mol. The number of allylic oxidation sites excluding steroid dienone is 4. The Balaban J connectivity index is 0.000000956. The predicted molar refractivity (Wildman–Crippen MR) is 91.1 cm³/mol.